The minimum Gasteiger partial charge on any atom is -0.326 e. The molecule has 0 saturated heterocycles. The van der Waals surface area contributed by atoms with Crippen LogP contribution in [0.2, 0.25) is 0 Å². The molecular formula is C8H16F3NO2S2. The van der Waals surface area contributed by atoms with Gasteiger partial charge in [0.15, 0.2) is 0 Å². The molecule has 0 fully saturated rings. The van der Waals surface area contributed by atoms with Crippen LogP contribution in [0.4, 0.5) is 13.2 Å². The van der Waals surface area contributed by atoms with Crippen LogP contribution in [0.1, 0.15) is 13.3 Å². The fourth-order valence-corrected chi connectivity index (χ4v) is 3.48. The molecule has 0 aliphatic carbocycles. The van der Waals surface area contributed by atoms with Crippen molar-refractivity contribution in [1.82, 2.24) is 0 Å². The molecule has 3 nitrogen and oxygen atoms in total. The van der Waals surface area contributed by atoms with E-state index in [9.17, 15) is 21.6 Å². The van der Waals surface area contributed by atoms with Crippen LogP contribution in [0.15, 0.2) is 0 Å². The van der Waals surface area contributed by atoms with Crippen molar-refractivity contribution in [2.24, 2.45) is 5.73 Å². The Bertz CT molecular complexity index is 303. The molecule has 16 heavy (non-hydrogen) atoms. The van der Waals surface area contributed by atoms with Gasteiger partial charge in [0.25, 0.3) is 0 Å². The van der Waals surface area contributed by atoms with Crippen molar-refractivity contribution in [3.05, 3.63) is 0 Å². The van der Waals surface area contributed by atoms with Crippen LogP contribution in [0, 0.1) is 0 Å². The second-order valence-corrected chi connectivity index (χ2v) is 7.04. The van der Waals surface area contributed by atoms with Crippen molar-refractivity contribution in [2.45, 2.75) is 30.8 Å². The van der Waals surface area contributed by atoms with Crippen LogP contribution in [0.25, 0.3) is 0 Å². The summed E-state index contributed by atoms with van der Waals surface area (Å²) in [6.07, 6.45) is -3.19. The summed E-state index contributed by atoms with van der Waals surface area (Å²) >= 11 is 0.559. The number of halogens is 3. The predicted octanol–water partition coefficient (Wildman–Crippen LogP) is 1.43. The van der Waals surface area contributed by atoms with Gasteiger partial charge in [-0.05, 0) is 6.42 Å². The summed E-state index contributed by atoms with van der Waals surface area (Å²) in [7, 11) is -3.23. The number of hydrogen-bond donors (Lipinski definition) is 1. The molecule has 0 bridgehead atoms. The lowest BCUT2D eigenvalue weighted by Crippen LogP contribution is -2.42. The van der Waals surface area contributed by atoms with Gasteiger partial charge in [-0.25, -0.2) is 8.42 Å². The molecule has 2 N–H and O–H groups in total. The molecule has 2 unspecified atom stereocenters. The lowest BCUT2D eigenvalue weighted by atomic mass is 10.1. The topological polar surface area (TPSA) is 60.2 Å². The third-order valence-corrected chi connectivity index (χ3v) is 4.55. The average Bonchev–Trinajstić information content (AvgIpc) is 2.07. The maximum Gasteiger partial charge on any atom is 0.402 e. The lowest BCUT2D eigenvalue weighted by Gasteiger charge is -2.24. The van der Waals surface area contributed by atoms with Crippen LogP contribution in [0.3, 0.4) is 0 Å². The fourth-order valence-electron chi connectivity index (χ4n) is 1.00. The molecule has 0 heterocycles. The van der Waals surface area contributed by atoms with Crippen LogP contribution in [0.5, 0.6) is 0 Å². The van der Waals surface area contributed by atoms with E-state index in [0.29, 0.717) is 11.8 Å². The minimum absolute atomic E-state index is 0.0866. The molecule has 2 atom stereocenters. The molecule has 0 rings (SSSR count). The number of alkyl halides is 3. The second-order valence-electron chi connectivity index (χ2n) is 3.53. The first kappa shape index (κ1) is 16.1. The van der Waals surface area contributed by atoms with Crippen LogP contribution in [-0.2, 0) is 9.84 Å². The van der Waals surface area contributed by atoms with Gasteiger partial charge in [-0.3, -0.25) is 0 Å². The standard InChI is InChI=1S/C8H16F3NO2S2/c1-3-6(12)7(8(9,10)11)15-4-5-16(2,13)14/h6-7H,3-5,12H2,1-2H3. The quantitative estimate of drug-likeness (QED) is 0.799. The first-order valence-electron chi connectivity index (χ1n) is 4.69. The number of thioether (sulfide) groups is 1. The van der Waals surface area contributed by atoms with Gasteiger partial charge < -0.3 is 5.73 Å². The van der Waals surface area contributed by atoms with Crippen LogP contribution >= 0.6 is 11.8 Å². The first-order valence-corrected chi connectivity index (χ1v) is 7.80. The summed E-state index contributed by atoms with van der Waals surface area (Å²) in [5.41, 5.74) is 5.36. The van der Waals surface area contributed by atoms with Gasteiger partial charge in [0, 0.05) is 18.1 Å². The molecule has 0 aliphatic heterocycles. The molecule has 0 spiro atoms. The molecule has 0 aliphatic rings. The predicted molar refractivity (Wildman–Crippen MR) is 60.3 cm³/mol. The fraction of sp³-hybridized carbons (Fsp3) is 1.00. The lowest BCUT2D eigenvalue weighted by molar-refractivity contribution is -0.132. The molecule has 0 radical (unpaired) electrons. The van der Waals surface area contributed by atoms with Gasteiger partial charge in [-0.2, -0.15) is 13.2 Å². The Morgan fingerprint density at radius 1 is 1.38 bits per heavy atom. The summed E-state index contributed by atoms with van der Waals surface area (Å²) in [5.74, 6) is -0.350. The average molecular weight is 279 g/mol. The second kappa shape index (κ2) is 6.11. The van der Waals surface area contributed by atoms with E-state index < -0.39 is 27.3 Å². The molecule has 0 aromatic rings. The van der Waals surface area contributed by atoms with Gasteiger partial charge in [0.05, 0.1) is 5.75 Å². The van der Waals surface area contributed by atoms with Crippen molar-refractivity contribution >= 4 is 21.6 Å². The van der Waals surface area contributed by atoms with Crippen molar-refractivity contribution in [3.8, 4) is 0 Å². The summed E-state index contributed by atoms with van der Waals surface area (Å²) in [5, 5.41) is -1.70. The number of hydrogen-bond acceptors (Lipinski definition) is 4. The maximum atomic E-state index is 12.5. The smallest absolute Gasteiger partial charge is 0.326 e. The number of nitrogens with two attached hydrogens (primary N) is 1. The zero-order valence-corrected chi connectivity index (χ0v) is 10.8. The highest BCUT2D eigenvalue weighted by Gasteiger charge is 2.43. The van der Waals surface area contributed by atoms with Gasteiger partial charge in [0.1, 0.15) is 15.1 Å². The highest BCUT2D eigenvalue weighted by Crippen LogP contribution is 2.33. The zero-order valence-electron chi connectivity index (χ0n) is 9.12. The van der Waals surface area contributed by atoms with Crippen molar-refractivity contribution in [2.75, 3.05) is 17.8 Å². The van der Waals surface area contributed by atoms with Crippen molar-refractivity contribution in [1.29, 1.82) is 0 Å². The van der Waals surface area contributed by atoms with Crippen molar-refractivity contribution in [3.63, 3.8) is 0 Å². The number of sulfone groups is 1. The van der Waals surface area contributed by atoms with E-state index in [4.69, 9.17) is 5.73 Å². The molecule has 0 aromatic heterocycles. The molecule has 8 heteroatoms. The van der Waals surface area contributed by atoms with Crippen LogP contribution in [-0.4, -0.2) is 43.6 Å². The van der Waals surface area contributed by atoms with Crippen LogP contribution < -0.4 is 5.73 Å². The third kappa shape index (κ3) is 6.59. The van der Waals surface area contributed by atoms with E-state index >= 15 is 0 Å². The molecular weight excluding hydrogens is 263 g/mol. The van der Waals surface area contributed by atoms with E-state index in [1.165, 1.54) is 0 Å². The third-order valence-electron chi connectivity index (χ3n) is 1.93. The van der Waals surface area contributed by atoms with Gasteiger partial charge in [-0.1, -0.05) is 6.92 Å². The van der Waals surface area contributed by atoms with E-state index in [2.05, 4.69) is 0 Å². The maximum absolute atomic E-state index is 12.5. The summed E-state index contributed by atoms with van der Waals surface area (Å²) < 4.78 is 59.1. The molecule has 0 amide bonds. The van der Waals surface area contributed by atoms with Gasteiger partial charge >= 0.3 is 6.18 Å². The zero-order chi connectivity index (χ0) is 13.0. The highest BCUT2D eigenvalue weighted by molar-refractivity contribution is 8.01. The summed E-state index contributed by atoms with van der Waals surface area (Å²) in [6.45, 7) is 1.57. The largest absolute Gasteiger partial charge is 0.402 e. The Kier molecular flexibility index (Phi) is 6.13. The SMILES string of the molecule is CCC(N)C(SCCS(C)(=O)=O)C(F)(F)F. The summed E-state index contributed by atoms with van der Waals surface area (Å²) in [6, 6.07) is -0.996. The normalized spacial score (nSPS) is 17.1. The van der Waals surface area contributed by atoms with E-state index in [-0.39, 0.29) is 17.9 Å². The van der Waals surface area contributed by atoms with E-state index in [1.54, 1.807) is 6.92 Å². The van der Waals surface area contributed by atoms with E-state index in [1.807, 2.05) is 0 Å². The Morgan fingerprint density at radius 2 is 1.88 bits per heavy atom. The Labute approximate surface area is 97.9 Å². The monoisotopic (exact) mass is 279 g/mol. The molecule has 0 aromatic carbocycles. The van der Waals surface area contributed by atoms with Crippen molar-refractivity contribution < 1.29 is 21.6 Å². The molecule has 0 saturated carbocycles. The van der Waals surface area contributed by atoms with Gasteiger partial charge in [-0.15, -0.1) is 11.8 Å². The Balaban J connectivity index is 4.35. The Morgan fingerprint density at radius 3 is 2.19 bits per heavy atom. The Hall–Kier alpha value is 0.0500. The first-order chi connectivity index (χ1) is 7.08. The van der Waals surface area contributed by atoms with E-state index in [0.717, 1.165) is 6.26 Å². The molecule has 98 valence electrons. The minimum atomic E-state index is -4.39. The van der Waals surface area contributed by atoms with Gasteiger partial charge in [0.2, 0.25) is 0 Å². The number of rotatable bonds is 6. The highest BCUT2D eigenvalue weighted by atomic mass is 32.2. The summed E-state index contributed by atoms with van der Waals surface area (Å²) in [4.78, 5) is 0.